The summed E-state index contributed by atoms with van der Waals surface area (Å²) in [7, 11) is 0. The van der Waals surface area contributed by atoms with Gasteiger partial charge in [0.1, 0.15) is 0 Å². The number of carboxylic acid groups (broad SMARTS) is 1. The van der Waals surface area contributed by atoms with Crippen molar-refractivity contribution in [2.45, 2.75) is 106 Å². The molecule has 0 aromatic carbocycles. The van der Waals surface area contributed by atoms with Crippen molar-refractivity contribution in [1.29, 1.82) is 0 Å². The number of carboxylic acids is 1. The van der Waals surface area contributed by atoms with Crippen molar-refractivity contribution in [2.24, 2.45) is 67.8 Å². The summed E-state index contributed by atoms with van der Waals surface area (Å²) in [5.74, 6) is 1.25. The zero-order chi connectivity index (χ0) is 26.5. The highest BCUT2D eigenvalue weighted by Crippen LogP contribution is 2.76. The summed E-state index contributed by atoms with van der Waals surface area (Å²) in [4.78, 5) is 24.1. The molecule has 202 valence electrons. The average Bonchev–Trinajstić information content (AvgIpc) is 2.79. The summed E-state index contributed by atoms with van der Waals surface area (Å²) in [5, 5.41) is 25.1. The number of aliphatic hydroxyl groups excluding tert-OH is 1. The van der Waals surface area contributed by atoms with Gasteiger partial charge in [0, 0.05) is 5.92 Å². The molecule has 0 amide bonds. The van der Waals surface area contributed by atoms with E-state index in [4.69, 9.17) is 0 Å². The molecule has 4 saturated carbocycles. The van der Waals surface area contributed by atoms with E-state index in [0.29, 0.717) is 23.7 Å². The Kier molecular flexibility index (Phi) is 5.96. The second kappa shape index (κ2) is 8.13. The Morgan fingerprint density at radius 1 is 1.03 bits per heavy atom. The van der Waals surface area contributed by atoms with E-state index in [9.17, 15) is 19.9 Å². The lowest BCUT2D eigenvalue weighted by Gasteiger charge is -2.72. The predicted molar refractivity (Wildman–Crippen MR) is 142 cm³/mol. The van der Waals surface area contributed by atoms with Crippen LogP contribution in [0.3, 0.4) is 0 Å². The third-order valence-electron chi connectivity index (χ3n) is 13.9. The van der Waals surface area contributed by atoms with Gasteiger partial charge in [-0.1, -0.05) is 65.3 Å². The number of hydrogen-bond donors (Lipinski definition) is 2. The molecule has 0 aromatic rings. The van der Waals surface area contributed by atoms with E-state index in [1.165, 1.54) is 5.57 Å². The molecule has 36 heavy (non-hydrogen) atoms. The maximum atomic E-state index is 12.8. The van der Waals surface area contributed by atoms with Crippen LogP contribution in [0.4, 0.5) is 0 Å². The maximum Gasteiger partial charge on any atom is 0.310 e. The zero-order valence-electron chi connectivity index (χ0n) is 23.6. The summed E-state index contributed by atoms with van der Waals surface area (Å²) in [5.41, 5.74) is 0.723. The Morgan fingerprint density at radius 2 is 1.72 bits per heavy atom. The molecule has 5 nitrogen and oxygen atoms in total. The van der Waals surface area contributed by atoms with Crippen LogP contribution in [0.25, 0.3) is 0 Å². The molecule has 5 heteroatoms. The first-order chi connectivity index (χ1) is 16.7. The molecule has 0 aromatic heterocycles. The van der Waals surface area contributed by atoms with E-state index < -0.39 is 17.5 Å². The predicted octanol–water partition coefficient (Wildman–Crippen LogP) is 7.08. The standard InChI is InChI=1S/C31H49NO4/c1-18-10-13-31(26(34)35)15-14-29(6)20(25(31)19(18)2)8-9-24-28(5)16-22(33)21(17-32-36)27(3,4)23(28)11-12-30(24,29)7/h8,18-19,21-25,33H,9-17H2,1-7H3,(H,34,35)/t18-,19+,21?,22-,23?,24?,25?,28?,29?,30?,31+/m1/s1. The van der Waals surface area contributed by atoms with Gasteiger partial charge in [-0.2, -0.15) is 4.91 Å². The fraction of sp³-hybridized carbons (Fsp3) is 0.903. The highest BCUT2D eigenvalue weighted by atomic mass is 16.4. The molecule has 2 N–H and O–H groups in total. The molecule has 0 radical (unpaired) electrons. The van der Waals surface area contributed by atoms with Crippen LogP contribution in [-0.2, 0) is 4.79 Å². The lowest BCUT2D eigenvalue weighted by atomic mass is 9.32. The van der Waals surface area contributed by atoms with Crippen LogP contribution in [0.5, 0.6) is 0 Å². The molecule has 5 aliphatic rings. The SMILES string of the molecule is C[C@@H]1CC[C@]2(C(=O)O)CCC3(C)C(=CCC4C5(C)C[C@@H](O)C(CN=O)C(C)(C)C5CCC43C)C2[C@H]1C. The average molecular weight is 500 g/mol. The van der Waals surface area contributed by atoms with E-state index >= 15 is 0 Å². The minimum Gasteiger partial charge on any atom is -0.481 e. The minimum absolute atomic E-state index is 0.0187. The number of aliphatic carboxylic acids is 1. The van der Waals surface area contributed by atoms with Gasteiger partial charge in [-0.05, 0) is 103 Å². The topological polar surface area (TPSA) is 87.0 Å². The fourth-order valence-electron chi connectivity index (χ4n) is 11.5. The first kappa shape index (κ1) is 26.4. The molecule has 0 saturated heterocycles. The second-order valence-corrected chi connectivity index (χ2v) is 15.1. The van der Waals surface area contributed by atoms with Gasteiger partial charge in [-0.15, -0.1) is 0 Å². The summed E-state index contributed by atoms with van der Waals surface area (Å²) < 4.78 is 0. The van der Waals surface area contributed by atoms with Crippen LogP contribution in [0.2, 0.25) is 0 Å². The highest BCUT2D eigenvalue weighted by molar-refractivity contribution is 5.76. The van der Waals surface area contributed by atoms with E-state index in [0.717, 1.165) is 51.4 Å². The molecule has 0 spiro atoms. The third-order valence-corrected chi connectivity index (χ3v) is 13.9. The number of rotatable bonds is 3. The molecule has 4 fully saturated rings. The normalized spacial score (nSPS) is 53.7. The van der Waals surface area contributed by atoms with Crippen molar-refractivity contribution in [1.82, 2.24) is 0 Å². The molecular weight excluding hydrogens is 450 g/mol. The Hall–Kier alpha value is -1.23. The van der Waals surface area contributed by atoms with Crippen LogP contribution in [0.15, 0.2) is 16.8 Å². The Balaban J connectivity index is 1.60. The van der Waals surface area contributed by atoms with Crippen LogP contribution in [-0.4, -0.2) is 28.8 Å². The van der Waals surface area contributed by atoms with Crippen LogP contribution in [0, 0.1) is 67.5 Å². The second-order valence-electron chi connectivity index (χ2n) is 15.1. The van der Waals surface area contributed by atoms with Crippen molar-refractivity contribution in [3.63, 3.8) is 0 Å². The van der Waals surface area contributed by atoms with Gasteiger partial charge < -0.3 is 10.2 Å². The van der Waals surface area contributed by atoms with Crippen molar-refractivity contribution in [3.8, 4) is 0 Å². The van der Waals surface area contributed by atoms with Gasteiger partial charge in [0.25, 0.3) is 0 Å². The van der Waals surface area contributed by atoms with Gasteiger partial charge in [0.05, 0.1) is 18.1 Å². The highest BCUT2D eigenvalue weighted by Gasteiger charge is 2.70. The molecule has 0 bridgehead atoms. The molecule has 0 aliphatic heterocycles. The number of hydrogen-bond acceptors (Lipinski definition) is 4. The number of allylic oxidation sites excluding steroid dienone is 2. The summed E-state index contributed by atoms with van der Waals surface area (Å²) in [6, 6.07) is 0. The lowest BCUT2D eigenvalue weighted by molar-refractivity contribution is -0.216. The van der Waals surface area contributed by atoms with Gasteiger partial charge in [-0.25, -0.2) is 0 Å². The number of nitrogens with zero attached hydrogens (tertiary/aromatic N) is 1. The van der Waals surface area contributed by atoms with Crippen molar-refractivity contribution in [2.75, 3.05) is 6.54 Å². The van der Waals surface area contributed by atoms with Gasteiger partial charge in [0.15, 0.2) is 0 Å². The van der Waals surface area contributed by atoms with Crippen LogP contribution in [0.1, 0.15) is 99.8 Å². The Labute approximate surface area is 217 Å². The van der Waals surface area contributed by atoms with Crippen molar-refractivity contribution < 1.29 is 15.0 Å². The van der Waals surface area contributed by atoms with Crippen molar-refractivity contribution in [3.05, 3.63) is 16.6 Å². The van der Waals surface area contributed by atoms with Crippen LogP contribution >= 0.6 is 0 Å². The molecule has 7 unspecified atom stereocenters. The van der Waals surface area contributed by atoms with Crippen molar-refractivity contribution >= 4 is 5.97 Å². The maximum absolute atomic E-state index is 12.8. The van der Waals surface area contributed by atoms with E-state index in [2.05, 4.69) is 59.7 Å². The monoisotopic (exact) mass is 499 g/mol. The number of carbonyl (C=O) groups is 1. The summed E-state index contributed by atoms with van der Waals surface area (Å²) in [6.07, 6.45) is 9.46. The molecule has 11 atom stereocenters. The molecule has 0 heterocycles. The summed E-state index contributed by atoms with van der Waals surface area (Å²) in [6.45, 7) is 16.7. The molecule has 5 rings (SSSR count). The lowest BCUT2D eigenvalue weighted by Crippen LogP contribution is -2.66. The van der Waals surface area contributed by atoms with Gasteiger partial charge >= 0.3 is 5.97 Å². The Bertz CT molecular complexity index is 974. The minimum atomic E-state index is -0.611. The van der Waals surface area contributed by atoms with E-state index in [-0.39, 0.29) is 40.0 Å². The number of nitroso groups, excluding NO2 is 1. The third kappa shape index (κ3) is 3.07. The molecular formula is C31H49NO4. The Morgan fingerprint density at radius 3 is 2.36 bits per heavy atom. The first-order valence-electron chi connectivity index (χ1n) is 14.6. The zero-order valence-corrected chi connectivity index (χ0v) is 23.6. The molecule has 5 aliphatic carbocycles. The summed E-state index contributed by atoms with van der Waals surface area (Å²) >= 11 is 0. The van der Waals surface area contributed by atoms with E-state index in [1.54, 1.807) is 0 Å². The number of fused-ring (bicyclic) bond motifs is 7. The van der Waals surface area contributed by atoms with Gasteiger partial charge in [0.2, 0.25) is 0 Å². The van der Waals surface area contributed by atoms with Crippen LogP contribution < -0.4 is 0 Å². The quantitative estimate of drug-likeness (QED) is 0.321. The van der Waals surface area contributed by atoms with E-state index in [1.807, 2.05) is 0 Å². The van der Waals surface area contributed by atoms with Gasteiger partial charge in [-0.3, -0.25) is 4.79 Å². The largest absolute Gasteiger partial charge is 0.481 e. The smallest absolute Gasteiger partial charge is 0.310 e. The first-order valence-corrected chi connectivity index (χ1v) is 14.6. The number of aliphatic hydroxyl groups is 1. The fourth-order valence-corrected chi connectivity index (χ4v) is 11.5.